The lowest BCUT2D eigenvalue weighted by Gasteiger charge is -2.23. The number of ketones is 1. The fourth-order valence-corrected chi connectivity index (χ4v) is 4.53. The predicted octanol–water partition coefficient (Wildman–Crippen LogP) is 5.69. The maximum Gasteiger partial charge on any atom is 0.166 e. The van der Waals surface area contributed by atoms with Crippen molar-refractivity contribution in [3.63, 3.8) is 0 Å². The zero-order chi connectivity index (χ0) is 23.3. The number of fused-ring (bicyclic) bond motifs is 1. The maximum absolute atomic E-state index is 11.9. The summed E-state index contributed by atoms with van der Waals surface area (Å²) >= 11 is 0. The van der Waals surface area contributed by atoms with Crippen LogP contribution in [0.25, 0.3) is 22.6 Å². The van der Waals surface area contributed by atoms with Gasteiger partial charge in [-0.25, -0.2) is 15.0 Å². The summed E-state index contributed by atoms with van der Waals surface area (Å²) < 4.78 is 8.04. The molecule has 0 amide bonds. The van der Waals surface area contributed by atoms with E-state index in [0.717, 1.165) is 35.3 Å². The summed E-state index contributed by atoms with van der Waals surface area (Å²) in [6.45, 7) is 2.64. The van der Waals surface area contributed by atoms with E-state index in [1.165, 1.54) is 19.3 Å². The third-order valence-corrected chi connectivity index (χ3v) is 6.32. The molecule has 0 radical (unpaired) electrons. The molecule has 5 rings (SSSR count). The Labute approximate surface area is 199 Å². The molecule has 1 aliphatic carbocycles. The lowest BCUT2D eigenvalue weighted by atomic mass is 9.95. The zero-order valence-electron chi connectivity index (χ0n) is 19.4. The number of aromatic nitrogens is 4. The number of nitrogens with zero attached hydrogens (tertiary/aromatic N) is 4. The Kier molecular flexibility index (Phi) is 6.51. The smallest absolute Gasteiger partial charge is 0.166 e. The molecular weight excluding hydrogens is 426 g/mol. The van der Waals surface area contributed by atoms with Crippen molar-refractivity contribution in [2.24, 2.45) is 0 Å². The summed E-state index contributed by atoms with van der Waals surface area (Å²) in [5.74, 6) is 2.12. The van der Waals surface area contributed by atoms with E-state index < -0.39 is 0 Å². The first kappa shape index (κ1) is 22.1. The number of carbonyl (C=O) groups excluding carboxylic acids is 1. The molecule has 2 aromatic carbocycles. The Morgan fingerprint density at radius 1 is 1.06 bits per heavy atom. The van der Waals surface area contributed by atoms with Crippen molar-refractivity contribution in [3.05, 3.63) is 66.5 Å². The van der Waals surface area contributed by atoms with Crippen molar-refractivity contribution in [3.8, 4) is 17.1 Å². The van der Waals surface area contributed by atoms with Crippen LogP contribution in [0.15, 0.2) is 60.9 Å². The largest absolute Gasteiger partial charge is 0.492 e. The highest BCUT2D eigenvalue weighted by molar-refractivity contribution is 5.95. The molecule has 7 nitrogen and oxygen atoms in total. The maximum atomic E-state index is 11.9. The van der Waals surface area contributed by atoms with Crippen LogP contribution >= 0.6 is 0 Å². The number of rotatable bonds is 8. The van der Waals surface area contributed by atoms with Crippen molar-refractivity contribution in [2.75, 3.05) is 18.5 Å². The van der Waals surface area contributed by atoms with Crippen molar-refractivity contribution in [1.29, 1.82) is 0 Å². The third kappa shape index (κ3) is 4.78. The minimum atomic E-state index is 0.0200. The predicted molar refractivity (Wildman–Crippen MR) is 133 cm³/mol. The Morgan fingerprint density at radius 3 is 2.68 bits per heavy atom. The highest BCUT2D eigenvalue weighted by atomic mass is 16.5. The molecule has 2 aromatic heterocycles. The van der Waals surface area contributed by atoms with Gasteiger partial charge in [0.1, 0.15) is 17.9 Å². The number of Topliss-reactive ketones (excluding diaryl/α,β-unsaturated/α-hetero) is 1. The standard InChI is InChI=1S/C27H29N5O2/c1-19(33)20-9-8-10-21(17-20)25-30-26(28-15-16-34-23-13-6-3-7-14-23)24-27(31-25)32(18-29-24)22-11-4-2-5-12-22/h3,6-10,13-14,17-18,22H,2,4-5,11-12,15-16H2,1H3,(H,28,30,31). The van der Waals surface area contributed by atoms with E-state index in [9.17, 15) is 4.79 Å². The summed E-state index contributed by atoms with van der Waals surface area (Å²) in [4.78, 5) is 26.4. The van der Waals surface area contributed by atoms with E-state index in [-0.39, 0.29) is 5.78 Å². The molecule has 1 fully saturated rings. The highest BCUT2D eigenvalue weighted by Crippen LogP contribution is 2.32. The summed E-state index contributed by atoms with van der Waals surface area (Å²) in [7, 11) is 0. The van der Waals surface area contributed by atoms with Gasteiger partial charge in [0.25, 0.3) is 0 Å². The fraction of sp³-hybridized carbons (Fsp3) is 0.333. The monoisotopic (exact) mass is 455 g/mol. The van der Waals surface area contributed by atoms with Crippen LogP contribution in [0.2, 0.25) is 0 Å². The SMILES string of the molecule is CC(=O)c1cccc(-c2nc(NCCOc3ccccc3)c3ncn(C4CCCCC4)c3n2)c1. The Bertz CT molecular complexity index is 1280. The minimum absolute atomic E-state index is 0.0200. The Hall–Kier alpha value is -3.74. The number of imidazole rings is 1. The number of hydrogen-bond donors (Lipinski definition) is 1. The van der Waals surface area contributed by atoms with Gasteiger partial charge in [0, 0.05) is 17.2 Å². The number of nitrogens with one attached hydrogen (secondary N) is 1. The molecule has 0 saturated heterocycles. The summed E-state index contributed by atoms with van der Waals surface area (Å²) in [5, 5.41) is 3.40. The Balaban J connectivity index is 1.47. The van der Waals surface area contributed by atoms with Crippen LogP contribution < -0.4 is 10.1 Å². The molecular formula is C27H29N5O2. The van der Waals surface area contributed by atoms with Gasteiger partial charge in [-0.2, -0.15) is 0 Å². The molecule has 1 saturated carbocycles. The van der Waals surface area contributed by atoms with Crippen molar-refractivity contribution in [2.45, 2.75) is 45.1 Å². The van der Waals surface area contributed by atoms with E-state index in [1.807, 2.05) is 60.9 Å². The average molecular weight is 456 g/mol. The second-order valence-corrected chi connectivity index (χ2v) is 8.74. The molecule has 34 heavy (non-hydrogen) atoms. The van der Waals surface area contributed by atoms with Gasteiger partial charge in [-0.3, -0.25) is 4.79 Å². The van der Waals surface area contributed by atoms with Crippen LogP contribution in [0.3, 0.4) is 0 Å². The number of benzene rings is 2. The molecule has 7 heteroatoms. The molecule has 0 unspecified atom stereocenters. The first-order chi connectivity index (χ1) is 16.7. The minimum Gasteiger partial charge on any atom is -0.492 e. The van der Waals surface area contributed by atoms with Gasteiger partial charge in [0.15, 0.2) is 23.1 Å². The first-order valence-electron chi connectivity index (χ1n) is 12.0. The van der Waals surface area contributed by atoms with Gasteiger partial charge in [0.05, 0.1) is 12.9 Å². The fourth-order valence-electron chi connectivity index (χ4n) is 4.53. The van der Waals surface area contributed by atoms with Crippen LogP contribution in [0, 0.1) is 0 Å². The van der Waals surface area contributed by atoms with E-state index in [4.69, 9.17) is 19.7 Å². The zero-order valence-corrected chi connectivity index (χ0v) is 19.4. The molecule has 2 heterocycles. The molecule has 0 spiro atoms. The lowest BCUT2D eigenvalue weighted by molar-refractivity contribution is 0.101. The second-order valence-electron chi connectivity index (χ2n) is 8.74. The topological polar surface area (TPSA) is 81.9 Å². The van der Waals surface area contributed by atoms with E-state index >= 15 is 0 Å². The Morgan fingerprint density at radius 2 is 1.88 bits per heavy atom. The molecule has 0 atom stereocenters. The number of para-hydroxylation sites is 1. The molecule has 1 N–H and O–H groups in total. The normalized spacial score (nSPS) is 14.3. The van der Waals surface area contributed by atoms with Crippen LogP contribution in [0.5, 0.6) is 5.75 Å². The summed E-state index contributed by atoms with van der Waals surface area (Å²) in [6.07, 6.45) is 7.92. The van der Waals surface area contributed by atoms with E-state index in [1.54, 1.807) is 6.92 Å². The average Bonchev–Trinajstić information content (AvgIpc) is 3.32. The van der Waals surface area contributed by atoms with Crippen molar-refractivity contribution in [1.82, 2.24) is 19.5 Å². The van der Waals surface area contributed by atoms with Crippen LogP contribution in [0.4, 0.5) is 5.82 Å². The summed E-state index contributed by atoms with van der Waals surface area (Å²) in [5.41, 5.74) is 3.05. The third-order valence-electron chi connectivity index (χ3n) is 6.32. The van der Waals surface area contributed by atoms with Gasteiger partial charge in [-0.15, -0.1) is 0 Å². The van der Waals surface area contributed by atoms with Gasteiger partial charge in [-0.1, -0.05) is 55.7 Å². The number of carbonyl (C=O) groups is 1. The highest BCUT2D eigenvalue weighted by Gasteiger charge is 2.21. The van der Waals surface area contributed by atoms with E-state index in [0.29, 0.717) is 36.4 Å². The first-order valence-corrected chi connectivity index (χ1v) is 12.0. The van der Waals surface area contributed by atoms with Gasteiger partial charge in [-0.05, 0) is 38.0 Å². The van der Waals surface area contributed by atoms with Crippen LogP contribution in [-0.2, 0) is 0 Å². The number of hydrogen-bond acceptors (Lipinski definition) is 6. The molecule has 4 aromatic rings. The van der Waals surface area contributed by atoms with Crippen molar-refractivity contribution >= 4 is 22.8 Å². The molecule has 174 valence electrons. The summed E-state index contributed by atoms with van der Waals surface area (Å²) in [6, 6.07) is 17.6. The lowest BCUT2D eigenvalue weighted by Crippen LogP contribution is -2.15. The van der Waals surface area contributed by atoms with Crippen molar-refractivity contribution < 1.29 is 9.53 Å². The molecule has 0 bridgehead atoms. The molecule has 0 aliphatic heterocycles. The quantitative estimate of drug-likeness (QED) is 0.271. The van der Waals surface area contributed by atoms with Gasteiger partial charge in [0.2, 0.25) is 0 Å². The van der Waals surface area contributed by atoms with Gasteiger partial charge >= 0.3 is 0 Å². The second kappa shape index (κ2) is 10.0. The van der Waals surface area contributed by atoms with E-state index in [2.05, 4.69) is 9.88 Å². The van der Waals surface area contributed by atoms with Crippen LogP contribution in [-0.4, -0.2) is 38.5 Å². The number of ether oxygens (including phenoxy) is 1. The number of anilines is 1. The van der Waals surface area contributed by atoms with Gasteiger partial charge < -0.3 is 14.6 Å². The van der Waals surface area contributed by atoms with Crippen LogP contribution in [0.1, 0.15) is 55.4 Å². The molecule has 1 aliphatic rings.